The van der Waals surface area contributed by atoms with Crippen LogP contribution in [0.2, 0.25) is 0 Å². The van der Waals surface area contributed by atoms with Crippen LogP contribution in [0.3, 0.4) is 0 Å². The average Bonchev–Trinajstić information content (AvgIpc) is 3.01. The minimum atomic E-state index is -3.06. The van der Waals surface area contributed by atoms with Crippen LogP contribution >= 0.6 is 0 Å². The molecule has 1 fully saturated rings. The standard InChI is InChI=1S/C17H17N5O3S/c1-22(15-5-6-26(24,25)11-15)16(23)13-9-19-17(20-10-13)21-14-4-2-3-12(7-14)8-18/h2-4,7,9-10,15H,5-6,11H2,1H3,(H,19,20,21). The number of hydrogen-bond acceptors (Lipinski definition) is 7. The van der Waals surface area contributed by atoms with Gasteiger partial charge in [0.05, 0.1) is 28.7 Å². The molecule has 1 unspecified atom stereocenters. The number of amides is 1. The van der Waals surface area contributed by atoms with Crippen molar-refractivity contribution < 1.29 is 13.2 Å². The van der Waals surface area contributed by atoms with Crippen molar-refractivity contribution >= 4 is 27.4 Å². The summed E-state index contributed by atoms with van der Waals surface area (Å²) in [5, 5.41) is 11.9. The second-order valence-corrected chi connectivity index (χ2v) is 8.31. The molecule has 1 saturated heterocycles. The molecule has 9 heteroatoms. The first-order chi connectivity index (χ1) is 12.4. The minimum absolute atomic E-state index is 0.00896. The lowest BCUT2D eigenvalue weighted by Crippen LogP contribution is -2.37. The maximum Gasteiger partial charge on any atom is 0.257 e. The van der Waals surface area contributed by atoms with Gasteiger partial charge in [-0.3, -0.25) is 4.79 Å². The van der Waals surface area contributed by atoms with Crippen molar-refractivity contribution in [2.45, 2.75) is 12.5 Å². The predicted octanol–water partition coefficient (Wildman–Crippen LogP) is 1.35. The van der Waals surface area contributed by atoms with Gasteiger partial charge in [-0.1, -0.05) is 6.07 Å². The lowest BCUT2D eigenvalue weighted by molar-refractivity contribution is 0.0747. The van der Waals surface area contributed by atoms with Gasteiger partial charge in [0.25, 0.3) is 5.91 Å². The highest BCUT2D eigenvalue weighted by Crippen LogP contribution is 2.19. The smallest absolute Gasteiger partial charge is 0.257 e. The van der Waals surface area contributed by atoms with Crippen molar-refractivity contribution in [2.24, 2.45) is 0 Å². The van der Waals surface area contributed by atoms with E-state index in [9.17, 15) is 13.2 Å². The highest BCUT2D eigenvalue weighted by atomic mass is 32.2. The maximum absolute atomic E-state index is 12.5. The Kier molecular flexibility index (Phi) is 4.86. The first-order valence-electron chi connectivity index (χ1n) is 7.95. The predicted molar refractivity (Wildman–Crippen MR) is 95.6 cm³/mol. The molecule has 1 amide bonds. The number of nitrogens with zero attached hydrogens (tertiary/aromatic N) is 4. The van der Waals surface area contributed by atoms with E-state index < -0.39 is 9.84 Å². The minimum Gasteiger partial charge on any atom is -0.338 e. The second kappa shape index (κ2) is 7.09. The molecule has 1 aliphatic heterocycles. The van der Waals surface area contributed by atoms with E-state index in [1.54, 1.807) is 31.3 Å². The molecule has 0 aliphatic carbocycles. The Labute approximate surface area is 151 Å². The molecular weight excluding hydrogens is 354 g/mol. The van der Waals surface area contributed by atoms with Crippen LogP contribution in [0.4, 0.5) is 11.6 Å². The molecule has 0 spiro atoms. The number of hydrogen-bond donors (Lipinski definition) is 1. The lowest BCUT2D eigenvalue weighted by Gasteiger charge is -2.23. The fourth-order valence-corrected chi connectivity index (χ4v) is 4.52. The molecule has 2 aromatic rings. The van der Waals surface area contributed by atoms with Gasteiger partial charge in [0.2, 0.25) is 5.95 Å². The Bertz CT molecular complexity index is 967. The van der Waals surface area contributed by atoms with Crippen molar-refractivity contribution in [3.05, 3.63) is 47.8 Å². The van der Waals surface area contributed by atoms with E-state index in [2.05, 4.69) is 15.3 Å². The zero-order valence-corrected chi connectivity index (χ0v) is 14.9. The number of rotatable bonds is 4. The zero-order chi connectivity index (χ0) is 18.7. The molecule has 8 nitrogen and oxygen atoms in total. The molecular formula is C17H17N5O3S. The number of anilines is 2. The molecule has 1 atom stereocenters. The van der Waals surface area contributed by atoms with Crippen molar-refractivity contribution in [2.75, 3.05) is 23.9 Å². The Morgan fingerprint density at radius 3 is 2.69 bits per heavy atom. The molecule has 1 N–H and O–H groups in total. The number of benzene rings is 1. The first-order valence-corrected chi connectivity index (χ1v) is 9.77. The molecule has 1 aromatic carbocycles. The third kappa shape index (κ3) is 3.97. The fraction of sp³-hybridized carbons (Fsp3) is 0.294. The van der Waals surface area contributed by atoms with E-state index in [4.69, 9.17) is 5.26 Å². The van der Waals surface area contributed by atoms with Gasteiger partial charge in [-0.2, -0.15) is 5.26 Å². The van der Waals surface area contributed by atoms with Gasteiger partial charge in [-0.25, -0.2) is 18.4 Å². The molecule has 0 radical (unpaired) electrons. The summed E-state index contributed by atoms with van der Waals surface area (Å²) in [5.74, 6) is 0.0781. The van der Waals surface area contributed by atoms with Crippen molar-refractivity contribution in [1.82, 2.24) is 14.9 Å². The summed E-state index contributed by atoms with van der Waals surface area (Å²) < 4.78 is 23.2. The number of nitrogens with one attached hydrogen (secondary N) is 1. The van der Waals surface area contributed by atoms with Crippen LogP contribution in [0.15, 0.2) is 36.7 Å². The molecule has 134 valence electrons. The van der Waals surface area contributed by atoms with Gasteiger partial charge in [0.15, 0.2) is 9.84 Å². The van der Waals surface area contributed by atoms with E-state index in [-0.39, 0.29) is 29.0 Å². The summed E-state index contributed by atoms with van der Waals surface area (Å²) in [6.45, 7) is 0. The fourth-order valence-electron chi connectivity index (χ4n) is 2.75. The summed E-state index contributed by atoms with van der Waals surface area (Å²) in [4.78, 5) is 22.2. The normalized spacial score (nSPS) is 18.1. The number of carbonyl (C=O) groups is 1. The molecule has 3 rings (SSSR count). The number of sulfone groups is 1. The van der Waals surface area contributed by atoms with E-state index >= 15 is 0 Å². The first kappa shape index (κ1) is 17.8. The van der Waals surface area contributed by atoms with E-state index in [0.717, 1.165) is 0 Å². The van der Waals surface area contributed by atoms with Crippen LogP contribution < -0.4 is 5.32 Å². The molecule has 1 aromatic heterocycles. The Balaban J connectivity index is 1.69. The molecule has 1 aliphatic rings. The highest BCUT2D eigenvalue weighted by molar-refractivity contribution is 7.91. The van der Waals surface area contributed by atoms with Crippen LogP contribution in [0.5, 0.6) is 0 Å². The summed E-state index contributed by atoms with van der Waals surface area (Å²) in [5.41, 5.74) is 1.46. The van der Waals surface area contributed by atoms with E-state index in [0.29, 0.717) is 23.6 Å². The number of aromatic nitrogens is 2. The number of carbonyl (C=O) groups excluding carboxylic acids is 1. The van der Waals surface area contributed by atoms with Gasteiger partial charge >= 0.3 is 0 Å². The van der Waals surface area contributed by atoms with Crippen molar-refractivity contribution in [3.8, 4) is 6.07 Å². The van der Waals surface area contributed by atoms with Gasteiger partial charge in [-0.05, 0) is 24.6 Å². The topological polar surface area (TPSA) is 116 Å². The Hall–Kier alpha value is -2.99. The second-order valence-electron chi connectivity index (χ2n) is 6.09. The van der Waals surface area contributed by atoms with E-state index in [1.165, 1.54) is 17.3 Å². The maximum atomic E-state index is 12.5. The van der Waals surface area contributed by atoms with Crippen LogP contribution in [-0.2, 0) is 9.84 Å². The third-order valence-electron chi connectivity index (χ3n) is 4.22. The average molecular weight is 371 g/mol. The molecule has 0 saturated carbocycles. The van der Waals surface area contributed by atoms with Gasteiger partial charge in [0, 0.05) is 31.2 Å². The van der Waals surface area contributed by atoms with Crippen LogP contribution in [0.25, 0.3) is 0 Å². The Morgan fingerprint density at radius 2 is 2.08 bits per heavy atom. The van der Waals surface area contributed by atoms with E-state index in [1.807, 2.05) is 6.07 Å². The molecule has 0 bridgehead atoms. The third-order valence-corrected chi connectivity index (χ3v) is 5.97. The van der Waals surface area contributed by atoms with Crippen LogP contribution in [0.1, 0.15) is 22.3 Å². The summed E-state index contributed by atoms with van der Waals surface area (Å²) in [6.07, 6.45) is 3.23. The summed E-state index contributed by atoms with van der Waals surface area (Å²) in [6, 6.07) is 8.59. The Morgan fingerprint density at radius 1 is 1.35 bits per heavy atom. The van der Waals surface area contributed by atoms with Crippen LogP contribution in [0, 0.1) is 11.3 Å². The van der Waals surface area contributed by atoms with Gasteiger partial charge in [0.1, 0.15) is 0 Å². The largest absolute Gasteiger partial charge is 0.338 e. The SMILES string of the molecule is CN(C(=O)c1cnc(Nc2cccc(C#N)c2)nc1)C1CCS(=O)(=O)C1. The van der Waals surface area contributed by atoms with Crippen molar-refractivity contribution in [1.29, 1.82) is 5.26 Å². The zero-order valence-electron chi connectivity index (χ0n) is 14.1. The van der Waals surface area contributed by atoms with Crippen LogP contribution in [-0.4, -0.2) is 53.8 Å². The highest BCUT2D eigenvalue weighted by Gasteiger charge is 2.33. The molecule has 2 heterocycles. The quantitative estimate of drug-likeness (QED) is 0.862. The summed E-state index contributed by atoms with van der Waals surface area (Å²) in [7, 11) is -1.47. The monoisotopic (exact) mass is 371 g/mol. The number of nitriles is 1. The van der Waals surface area contributed by atoms with Gasteiger partial charge < -0.3 is 10.2 Å². The summed E-state index contributed by atoms with van der Waals surface area (Å²) >= 11 is 0. The molecule has 26 heavy (non-hydrogen) atoms. The lowest BCUT2D eigenvalue weighted by atomic mass is 10.2. The van der Waals surface area contributed by atoms with Crippen molar-refractivity contribution in [3.63, 3.8) is 0 Å². The van der Waals surface area contributed by atoms with Gasteiger partial charge in [-0.15, -0.1) is 0 Å².